The zero-order valence-corrected chi connectivity index (χ0v) is 24.6. The molecule has 4 N–H and O–H groups in total. The van der Waals surface area contributed by atoms with Crippen molar-refractivity contribution in [2.75, 3.05) is 29.9 Å². The Labute approximate surface area is 240 Å². The average Bonchev–Trinajstić information content (AvgIpc) is 3.36. The lowest BCUT2D eigenvalue weighted by Crippen LogP contribution is -2.46. The number of nitrogens with zero attached hydrogens (tertiary/aromatic N) is 2. The first-order chi connectivity index (χ1) is 19.5. The number of nitro groups is 1. The molecule has 12 heteroatoms. The Morgan fingerprint density at radius 3 is 2.73 bits per heavy atom. The van der Waals surface area contributed by atoms with Gasteiger partial charge in [0.1, 0.15) is 0 Å². The van der Waals surface area contributed by atoms with Gasteiger partial charge in [0.2, 0.25) is 5.91 Å². The predicted octanol–water partition coefficient (Wildman–Crippen LogP) is 3.26. The standard InChI is InChI=1S/C29H38N4O7Si/c1-18-26(41(2,3)39)25(11-13-34)40-29(18)23-15-22(33(37)38)9-10-24(23)32(28(29)36)17-19-6-4-8-21(14-19)31-27(35)20-7-5-12-30-16-20/h4,6,8-10,14-15,18,20,25-26,30,34,39H,5,7,11-13,16-17H2,1-3H3,(H,31,35)/t18-,20?,25+,26-,29+/m1/s1. The number of carbonyl (C=O) groups excluding carboxylic acids is 2. The van der Waals surface area contributed by atoms with Gasteiger partial charge >= 0.3 is 0 Å². The Morgan fingerprint density at radius 1 is 1.29 bits per heavy atom. The molecule has 3 heterocycles. The summed E-state index contributed by atoms with van der Waals surface area (Å²) in [5.41, 5.74) is 0.253. The number of aliphatic hydroxyl groups excluding tert-OH is 1. The van der Waals surface area contributed by atoms with E-state index in [0.29, 0.717) is 23.5 Å². The van der Waals surface area contributed by atoms with Gasteiger partial charge in [-0.25, -0.2) is 0 Å². The molecule has 2 amide bonds. The summed E-state index contributed by atoms with van der Waals surface area (Å²) >= 11 is 0. The van der Waals surface area contributed by atoms with Crippen molar-refractivity contribution in [3.05, 3.63) is 63.7 Å². The van der Waals surface area contributed by atoms with Gasteiger partial charge in [-0.05, 0) is 62.7 Å². The number of carbonyl (C=O) groups is 2. The average molecular weight is 583 g/mol. The molecule has 2 aromatic rings. The summed E-state index contributed by atoms with van der Waals surface area (Å²) < 4.78 is 6.52. The number of hydrogen-bond donors (Lipinski definition) is 4. The minimum atomic E-state index is -2.89. The van der Waals surface area contributed by atoms with Gasteiger partial charge in [0.05, 0.1) is 29.2 Å². The number of nitro benzene ring substituents is 1. The van der Waals surface area contributed by atoms with Gasteiger partial charge in [-0.15, -0.1) is 0 Å². The number of aliphatic hydroxyl groups is 1. The Bertz CT molecular complexity index is 1340. The summed E-state index contributed by atoms with van der Waals surface area (Å²) in [4.78, 5) is 51.2. The molecule has 3 aliphatic heterocycles. The topological polar surface area (TPSA) is 154 Å². The van der Waals surface area contributed by atoms with Gasteiger partial charge in [-0.3, -0.25) is 19.7 Å². The van der Waals surface area contributed by atoms with Crippen molar-refractivity contribution >= 4 is 37.2 Å². The van der Waals surface area contributed by atoms with E-state index < -0.39 is 30.9 Å². The molecule has 2 fully saturated rings. The third-order valence-electron chi connectivity index (χ3n) is 8.79. The molecule has 0 bridgehead atoms. The Balaban J connectivity index is 1.49. The minimum Gasteiger partial charge on any atom is -0.432 e. The molecule has 1 unspecified atom stereocenters. The van der Waals surface area contributed by atoms with Crippen molar-refractivity contribution in [2.24, 2.45) is 11.8 Å². The fourth-order valence-corrected chi connectivity index (χ4v) is 9.59. The van der Waals surface area contributed by atoms with E-state index in [2.05, 4.69) is 10.6 Å². The summed E-state index contributed by atoms with van der Waals surface area (Å²) in [6.45, 7) is 6.97. The SMILES string of the molecule is C[C@@H]1[C@@H]([Si](C)(C)O)[C@H](CCO)O[C@@]12C(=O)N(Cc1cccc(NC(=O)C3CCCNC3)c1)c1ccc([N+](=O)[O-])cc12. The summed E-state index contributed by atoms with van der Waals surface area (Å²) in [7, 11) is -2.89. The molecule has 2 aromatic carbocycles. The van der Waals surface area contributed by atoms with E-state index in [0.717, 1.165) is 24.9 Å². The number of ether oxygens (including phenoxy) is 1. The number of piperidine rings is 1. The van der Waals surface area contributed by atoms with Crippen molar-refractivity contribution in [1.82, 2.24) is 5.32 Å². The number of rotatable bonds is 8. The Morgan fingerprint density at radius 2 is 2.07 bits per heavy atom. The predicted molar refractivity (Wildman–Crippen MR) is 156 cm³/mol. The number of fused-ring (bicyclic) bond motifs is 2. The molecule has 5 atom stereocenters. The largest absolute Gasteiger partial charge is 0.432 e. The normalized spacial score (nSPS) is 27.7. The van der Waals surface area contributed by atoms with Crippen LogP contribution in [0.1, 0.15) is 37.3 Å². The highest BCUT2D eigenvalue weighted by Gasteiger charge is 2.66. The fraction of sp³-hybridized carbons (Fsp3) is 0.517. The number of nitrogens with one attached hydrogen (secondary N) is 2. The molecule has 0 saturated carbocycles. The van der Waals surface area contributed by atoms with E-state index >= 15 is 0 Å². The van der Waals surface area contributed by atoms with E-state index in [1.165, 1.54) is 12.1 Å². The summed E-state index contributed by atoms with van der Waals surface area (Å²) in [6, 6.07) is 11.7. The lowest BCUT2D eigenvalue weighted by molar-refractivity contribution is -0.385. The molecule has 41 heavy (non-hydrogen) atoms. The highest BCUT2D eigenvalue weighted by Crippen LogP contribution is 2.60. The van der Waals surface area contributed by atoms with Crippen LogP contribution in [0, 0.1) is 22.0 Å². The van der Waals surface area contributed by atoms with Crippen LogP contribution < -0.4 is 15.5 Å². The second-order valence-electron chi connectivity index (χ2n) is 12.0. The smallest absolute Gasteiger partial charge is 0.269 e. The number of hydrogen-bond acceptors (Lipinski definition) is 8. The summed E-state index contributed by atoms with van der Waals surface area (Å²) in [5.74, 6) is -0.992. The second-order valence-corrected chi connectivity index (χ2v) is 15.9. The van der Waals surface area contributed by atoms with Crippen molar-refractivity contribution in [2.45, 2.75) is 63.1 Å². The first-order valence-electron chi connectivity index (χ1n) is 14.2. The van der Waals surface area contributed by atoms with Crippen LogP contribution in [0.25, 0.3) is 0 Å². The van der Waals surface area contributed by atoms with E-state index in [4.69, 9.17) is 4.74 Å². The molecule has 5 rings (SSSR count). The van der Waals surface area contributed by atoms with Crippen LogP contribution in [-0.4, -0.2) is 60.8 Å². The van der Waals surface area contributed by atoms with Gasteiger partial charge in [-0.1, -0.05) is 19.1 Å². The third kappa shape index (κ3) is 5.30. The van der Waals surface area contributed by atoms with Gasteiger partial charge in [0.15, 0.2) is 13.9 Å². The van der Waals surface area contributed by atoms with Gasteiger partial charge in [0.25, 0.3) is 11.6 Å². The maximum atomic E-state index is 14.4. The zero-order chi connectivity index (χ0) is 29.5. The highest BCUT2D eigenvalue weighted by atomic mass is 28.4. The monoisotopic (exact) mass is 582 g/mol. The molecular formula is C29H38N4O7Si. The van der Waals surface area contributed by atoms with Crippen molar-refractivity contribution in [3.8, 4) is 0 Å². The van der Waals surface area contributed by atoms with Crippen molar-refractivity contribution in [1.29, 1.82) is 0 Å². The summed E-state index contributed by atoms with van der Waals surface area (Å²) in [6.07, 6.45) is 1.44. The first-order valence-corrected chi connectivity index (χ1v) is 17.2. The van der Waals surface area contributed by atoms with Gasteiger partial charge in [0, 0.05) is 48.0 Å². The molecule has 2 saturated heterocycles. The lowest BCUT2D eigenvalue weighted by Gasteiger charge is -2.32. The van der Waals surface area contributed by atoms with Crippen LogP contribution in [0.15, 0.2) is 42.5 Å². The van der Waals surface area contributed by atoms with E-state index in [1.807, 2.05) is 31.2 Å². The van der Waals surface area contributed by atoms with Crippen LogP contribution >= 0.6 is 0 Å². The molecule has 0 aromatic heterocycles. The van der Waals surface area contributed by atoms with Crippen LogP contribution in [0.4, 0.5) is 17.1 Å². The molecule has 1 spiro atoms. The number of anilines is 2. The van der Waals surface area contributed by atoms with E-state index in [-0.39, 0.29) is 48.5 Å². The number of non-ortho nitro benzene ring substituents is 1. The third-order valence-corrected chi connectivity index (χ3v) is 11.3. The van der Waals surface area contributed by atoms with E-state index in [1.54, 1.807) is 24.1 Å². The van der Waals surface area contributed by atoms with Crippen molar-refractivity contribution in [3.63, 3.8) is 0 Å². The van der Waals surface area contributed by atoms with E-state index in [9.17, 15) is 29.6 Å². The highest BCUT2D eigenvalue weighted by molar-refractivity contribution is 6.71. The number of amides is 2. The molecular weight excluding hydrogens is 544 g/mol. The molecule has 0 aliphatic carbocycles. The van der Waals surface area contributed by atoms with Crippen LogP contribution in [-0.2, 0) is 26.5 Å². The maximum Gasteiger partial charge on any atom is 0.269 e. The number of benzene rings is 2. The summed E-state index contributed by atoms with van der Waals surface area (Å²) in [5, 5.41) is 27.7. The Hall–Kier alpha value is -3.16. The fourth-order valence-electron chi connectivity index (χ4n) is 6.98. The zero-order valence-electron chi connectivity index (χ0n) is 23.6. The second kappa shape index (κ2) is 11.3. The van der Waals surface area contributed by atoms with Crippen molar-refractivity contribution < 1.29 is 29.2 Å². The molecule has 11 nitrogen and oxygen atoms in total. The molecule has 0 radical (unpaired) electrons. The van der Waals surface area contributed by atoms with Crippen LogP contribution in [0.2, 0.25) is 18.6 Å². The van der Waals surface area contributed by atoms with Crippen LogP contribution in [0.5, 0.6) is 0 Å². The first kappa shape index (κ1) is 29.3. The van der Waals surface area contributed by atoms with Gasteiger partial charge < -0.3 is 30.2 Å². The quantitative estimate of drug-likeness (QED) is 0.210. The minimum absolute atomic E-state index is 0.0480. The lowest BCUT2D eigenvalue weighted by atomic mass is 9.82. The Kier molecular flexibility index (Phi) is 8.05. The molecule has 220 valence electrons. The van der Waals surface area contributed by atoms with Crippen LogP contribution in [0.3, 0.4) is 0 Å². The van der Waals surface area contributed by atoms with Gasteiger partial charge in [-0.2, -0.15) is 0 Å². The molecule has 3 aliphatic rings. The maximum absolute atomic E-state index is 14.4.